The Morgan fingerprint density at radius 1 is 1.03 bits per heavy atom. The Bertz CT molecular complexity index is 832. The summed E-state index contributed by atoms with van der Waals surface area (Å²) in [7, 11) is 0. The fraction of sp³-hybridized carbons (Fsp3) is 0.455. The third kappa shape index (κ3) is 5.70. The van der Waals surface area contributed by atoms with E-state index in [2.05, 4.69) is 9.64 Å². The third-order valence-corrected chi connectivity index (χ3v) is 5.67. The Balaban J connectivity index is 1.65. The van der Waals surface area contributed by atoms with Crippen LogP contribution in [0.2, 0.25) is 0 Å². The second kappa shape index (κ2) is 9.31. The van der Waals surface area contributed by atoms with Gasteiger partial charge in [-0.25, -0.2) is 0 Å². The Morgan fingerprint density at radius 2 is 1.73 bits per heavy atom. The lowest BCUT2D eigenvalue weighted by molar-refractivity contribution is -0.137. The van der Waals surface area contributed by atoms with Gasteiger partial charge < -0.3 is 9.84 Å². The van der Waals surface area contributed by atoms with Crippen molar-refractivity contribution in [1.29, 1.82) is 0 Å². The lowest BCUT2D eigenvalue weighted by Gasteiger charge is -2.41. The molecular formula is C22H24F5NO2. The maximum Gasteiger partial charge on any atom is 0.416 e. The molecule has 2 aromatic carbocycles. The monoisotopic (exact) mass is 429 g/mol. The van der Waals surface area contributed by atoms with Crippen LogP contribution >= 0.6 is 0 Å². The molecule has 1 N–H and O–H groups in total. The van der Waals surface area contributed by atoms with E-state index in [9.17, 15) is 27.1 Å². The number of aliphatic hydroxyl groups is 1. The van der Waals surface area contributed by atoms with E-state index >= 15 is 0 Å². The highest BCUT2D eigenvalue weighted by Crippen LogP contribution is 2.37. The molecule has 1 aliphatic rings. The SMILES string of the molecule is OCC1(Cc2cccc(C(F)(F)F)c2)CCN(Cc2ccccc2OC(F)F)CC1. The summed E-state index contributed by atoms with van der Waals surface area (Å²) in [5, 5.41) is 10.0. The second-order valence-electron chi connectivity index (χ2n) is 7.80. The summed E-state index contributed by atoms with van der Waals surface area (Å²) in [5.74, 6) is 0.135. The first kappa shape index (κ1) is 22.5. The highest BCUT2D eigenvalue weighted by Gasteiger charge is 2.36. The van der Waals surface area contributed by atoms with Gasteiger partial charge in [0.05, 0.1) is 5.56 Å². The summed E-state index contributed by atoms with van der Waals surface area (Å²) in [6, 6.07) is 11.8. The number of halogens is 5. The van der Waals surface area contributed by atoms with Gasteiger partial charge in [-0.3, -0.25) is 4.90 Å². The molecule has 0 spiro atoms. The topological polar surface area (TPSA) is 32.7 Å². The van der Waals surface area contributed by atoms with Gasteiger partial charge in [0.25, 0.3) is 0 Å². The third-order valence-electron chi connectivity index (χ3n) is 5.67. The molecule has 1 aliphatic heterocycles. The number of aliphatic hydroxyl groups excluding tert-OH is 1. The van der Waals surface area contributed by atoms with E-state index < -0.39 is 23.8 Å². The zero-order chi connectivity index (χ0) is 21.8. The van der Waals surface area contributed by atoms with Crippen LogP contribution in [0.4, 0.5) is 22.0 Å². The molecule has 0 saturated carbocycles. The van der Waals surface area contributed by atoms with E-state index in [-0.39, 0.29) is 12.4 Å². The van der Waals surface area contributed by atoms with Crippen molar-refractivity contribution in [3.05, 3.63) is 65.2 Å². The highest BCUT2D eigenvalue weighted by atomic mass is 19.4. The van der Waals surface area contributed by atoms with Crippen LogP contribution in [0.25, 0.3) is 0 Å². The maximum absolute atomic E-state index is 13.0. The second-order valence-corrected chi connectivity index (χ2v) is 7.80. The lowest BCUT2D eigenvalue weighted by atomic mass is 9.74. The average Bonchev–Trinajstić information content (AvgIpc) is 2.70. The minimum atomic E-state index is -4.40. The number of hydrogen-bond acceptors (Lipinski definition) is 3. The Hall–Kier alpha value is -2.19. The molecule has 0 radical (unpaired) electrons. The fourth-order valence-corrected chi connectivity index (χ4v) is 3.95. The first-order valence-electron chi connectivity index (χ1n) is 9.73. The quantitative estimate of drug-likeness (QED) is 0.620. The molecule has 0 aliphatic carbocycles. The summed E-state index contributed by atoms with van der Waals surface area (Å²) in [6.45, 7) is -1.40. The van der Waals surface area contributed by atoms with Crippen LogP contribution < -0.4 is 4.74 Å². The molecule has 8 heteroatoms. The zero-order valence-electron chi connectivity index (χ0n) is 16.3. The first-order chi connectivity index (χ1) is 14.2. The molecule has 0 amide bonds. The zero-order valence-corrected chi connectivity index (χ0v) is 16.3. The molecule has 0 bridgehead atoms. The van der Waals surface area contributed by atoms with E-state index in [4.69, 9.17) is 0 Å². The summed E-state index contributed by atoms with van der Waals surface area (Å²) in [5.41, 5.74) is -0.00367. The molecule has 0 aromatic heterocycles. The largest absolute Gasteiger partial charge is 0.434 e. The summed E-state index contributed by atoms with van der Waals surface area (Å²) in [6.07, 6.45) is -2.86. The van der Waals surface area contributed by atoms with E-state index in [0.717, 1.165) is 12.1 Å². The molecule has 2 aromatic rings. The van der Waals surface area contributed by atoms with Gasteiger partial charge in [0.15, 0.2) is 0 Å². The van der Waals surface area contributed by atoms with Crippen molar-refractivity contribution in [3.8, 4) is 5.75 Å². The van der Waals surface area contributed by atoms with Gasteiger partial charge in [-0.2, -0.15) is 22.0 Å². The van der Waals surface area contributed by atoms with E-state index in [1.807, 2.05) is 0 Å². The predicted molar refractivity (Wildman–Crippen MR) is 102 cm³/mol. The lowest BCUT2D eigenvalue weighted by Crippen LogP contribution is -2.43. The number of para-hydroxylation sites is 1. The molecular weight excluding hydrogens is 405 g/mol. The van der Waals surface area contributed by atoms with Crippen LogP contribution in [-0.4, -0.2) is 36.3 Å². The number of nitrogens with zero attached hydrogens (tertiary/aromatic N) is 1. The van der Waals surface area contributed by atoms with Gasteiger partial charge in [0, 0.05) is 18.7 Å². The number of piperidine rings is 1. The van der Waals surface area contributed by atoms with E-state index in [1.54, 1.807) is 24.3 Å². The van der Waals surface area contributed by atoms with Crippen LogP contribution in [0.15, 0.2) is 48.5 Å². The number of rotatable bonds is 7. The fourth-order valence-electron chi connectivity index (χ4n) is 3.95. The Labute approximate surface area is 172 Å². The van der Waals surface area contributed by atoms with Crippen LogP contribution in [0, 0.1) is 5.41 Å². The van der Waals surface area contributed by atoms with Gasteiger partial charge in [0.2, 0.25) is 0 Å². The molecule has 164 valence electrons. The molecule has 3 rings (SSSR count). The number of ether oxygens (including phenoxy) is 1. The molecule has 1 heterocycles. The molecule has 0 unspecified atom stereocenters. The van der Waals surface area contributed by atoms with E-state index in [0.29, 0.717) is 50.0 Å². The number of alkyl halides is 5. The summed E-state index contributed by atoms with van der Waals surface area (Å²) >= 11 is 0. The predicted octanol–water partition coefficient (Wildman–Crippen LogP) is 5.12. The van der Waals surface area contributed by atoms with Crippen molar-refractivity contribution in [2.45, 2.75) is 38.6 Å². The maximum atomic E-state index is 13.0. The van der Waals surface area contributed by atoms with Crippen molar-refractivity contribution >= 4 is 0 Å². The molecule has 1 saturated heterocycles. The number of hydrogen-bond donors (Lipinski definition) is 1. The smallest absolute Gasteiger partial charge is 0.416 e. The van der Waals surface area contributed by atoms with Crippen LogP contribution in [0.1, 0.15) is 29.5 Å². The van der Waals surface area contributed by atoms with Crippen molar-refractivity contribution in [2.24, 2.45) is 5.41 Å². The number of likely N-dealkylation sites (tertiary alicyclic amines) is 1. The number of benzene rings is 2. The van der Waals surface area contributed by atoms with Gasteiger partial charge in [-0.05, 0) is 55.5 Å². The van der Waals surface area contributed by atoms with Crippen molar-refractivity contribution in [3.63, 3.8) is 0 Å². The standard InChI is InChI=1S/C22H24F5NO2/c23-20(24)30-19-7-2-1-5-17(19)14-28-10-8-21(15-29,9-11-28)13-16-4-3-6-18(12-16)22(25,26)27/h1-7,12,20,29H,8-11,13-15H2. The Kier molecular flexibility index (Phi) is 6.98. The summed E-state index contributed by atoms with van der Waals surface area (Å²) < 4.78 is 68.7. The minimum absolute atomic E-state index is 0.123. The molecule has 1 fully saturated rings. The van der Waals surface area contributed by atoms with Crippen molar-refractivity contribution in [2.75, 3.05) is 19.7 Å². The van der Waals surface area contributed by atoms with Gasteiger partial charge >= 0.3 is 12.8 Å². The normalized spacial score (nSPS) is 17.3. The van der Waals surface area contributed by atoms with Crippen LogP contribution in [-0.2, 0) is 19.1 Å². The highest BCUT2D eigenvalue weighted by molar-refractivity contribution is 5.33. The first-order valence-corrected chi connectivity index (χ1v) is 9.73. The van der Waals surface area contributed by atoms with Crippen LogP contribution in [0.5, 0.6) is 5.75 Å². The van der Waals surface area contributed by atoms with Crippen molar-refractivity contribution in [1.82, 2.24) is 4.90 Å². The van der Waals surface area contributed by atoms with Crippen LogP contribution in [0.3, 0.4) is 0 Å². The average molecular weight is 429 g/mol. The van der Waals surface area contributed by atoms with E-state index in [1.165, 1.54) is 12.1 Å². The van der Waals surface area contributed by atoms with Gasteiger partial charge in [0.1, 0.15) is 5.75 Å². The minimum Gasteiger partial charge on any atom is -0.434 e. The molecule has 30 heavy (non-hydrogen) atoms. The van der Waals surface area contributed by atoms with Crippen molar-refractivity contribution < 1.29 is 31.8 Å². The summed E-state index contributed by atoms with van der Waals surface area (Å²) in [4.78, 5) is 2.08. The van der Waals surface area contributed by atoms with Gasteiger partial charge in [-0.1, -0.05) is 36.4 Å². The Morgan fingerprint density at radius 3 is 2.37 bits per heavy atom. The van der Waals surface area contributed by atoms with Gasteiger partial charge in [-0.15, -0.1) is 0 Å². The molecule has 3 nitrogen and oxygen atoms in total. The molecule has 0 atom stereocenters.